The van der Waals surface area contributed by atoms with E-state index in [1.54, 1.807) is 11.3 Å². The number of rotatable bonds is 1. The number of aryl methyl sites for hydroxylation is 1. The summed E-state index contributed by atoms with van der Waals surface area (Å²) in [4.78, 5) is 13.5. The van der Waals surface area contributed by atoms with Crippen LogP contribution in [0.25, 0.3) is 10.2 Å². The van der Waals surface area contributed by atoms with Crippen LogP contribution in [0.1, 0.15) is 38.0 Å². The number of hydrogen-bond donors (Lipinski definition) is 0. The molecule has 0 unspecified atom stereocenters. The van der Waals surface area contributed by atoms with Gasteiger partial charge in [-0.25, -0.2) is 4.98 Å². The summed E-state index contributed by atoms with van der Waals surface area (Å²) < 4.78 is 0. The SMILES string of the molecule is Cc1cc2c(N3CCCC(C)(C)CC3)nc(Cl)nc2s1. The molecule has 20 heavy (non-hydrogen) atoms. The third kappa shape index (κ3) is 2.77. The summed E-state index contributed by atoms with van der Waals surface area (Å²) in [5.41, 5.74) is 0.426. The van der Waals surface area contributed by atoms with Crippen LogP contribution >= 0.6 is 22.9 Å². The molecular formula is C15H20ClN3S. The Bertz CT molecular complexity index is 635. The molecule has 1 aliphatic rings. The first kappa shape index (κ1) is 14.1. The van der Waals surface area contributed by atoms with E-state index in [1.807, 2.05) is 0 Å². The largest absolute Gasteiger partial charge is 0.356 e. The van der Waals surface area contributed by atoms with E-state index < -0.39 is 0 Å². The van der Waals surface area contributed by atoms with Crippen LogP contribution in [-0.4, -0.2) is 23.1 Å². The van der Waals surface area contributed by atoms with E-state index in [4.69, 9.17) is 11.6 Å². The van der Waals surface area contributed by atoms with Crippen LogP contribution < -0.4 is 4.90 Å². The minimum atomic E-state index is 0.359. The van der Waals surface area contributed by atoms with Gasteiger partial charge < -0.3 is 4.90 Å². The van der Waals surface area contributed by atoms with Crippen LogP contribution in [0.5, 0.6) is 0 Å². The van der Waals surface area contributed by atoms with Crippen LogP contribution in [0, 0.1) is 12.3 Å². The topological polar surface area (TPSA) is 29.0 Å². The van der Waals surface area contributed by atoms with Gasteiger partial charge in [0.2, 0.25) is 5.28 Å². The van der Waals surface area contributed by atoms with Crippen molar-refractivity contribution in [3.05, 3.63) is 16.2 Å². The zero-order valence-corrected chi connectivity index (χ0v) is 13.8. The lowest BCUT2D eigenvalue weighted by molar-refractivity contribution is 0.325. The molecule has 5 heteroatoms. The number of halogens is 1. The summed E-state index contributed by atoms with van der Waals surface area (Å²) in [5, 5.41) is 1.51. The molecule has 3 heterocycles. The van der Waals surface area contributed by atoms with E-state index in [1.165, 1.54) is 24.1 Å². The minimum absolute atomic E-state index is 0.359. The van der Waals surface area contributed by atoms with Gasteiger partial charge in [0.1, 0.15) is 10.6 Å². The van der Waals surface area contributed by atoms with Crippen molar-refractivity contribution in [3.63, 3.8) is 0 Å². The Morgan fingerprint density at radius 2 is 2.05 bits per heavy atom. The van der Waals surface area contributed by atoms with Crippen molar-refractivity contribution in [3.8, 4) is 0 Å². The van der Waals surface area contributed by atoms with Gasteiger partial charge in [-0.2, -0.15) is 4.98 Å². The maximum Gasteiger partial charge on any atom is 0.225 e. The molecule has 0 atom stereocenters. The summed E-state index contributed by atoms with van der Waals surface area (Å²) in [6, 6.07) is 2.18. The highest BCUT2D eigenvalue weighted by atomic mass is 35.5. The molecule has 1 fully saturated rings. The number of fused-ring (bicyclic) bond motifs is 1. The van der Waals surface area contributed by atoms with Crippen molar-refractivity contribution in [2.24, 2.45) is 5.41 Å². The van der Waals surface area contributed by atoms with Crippen LogP contribution in [-0.2, 0) is 0 Å². The smallest absolute Gasteiger partial charge is 0.225 e. The Labute approximate surface area is 129 Å². The van der Waals surface area contributed by atoms with Crippen molar-refractivity contribution in [1.82, 2.24) is 9.97 Å². The molecule has 3 nitrogen and oxygen atoms in total. The number of thiophene rings is 1. The molecule has 0 aromatic carbocycles. The number of nitrogens with zero attached hydrogens (tertiary/aromatic N) is 3. The quantitative estimate of drug-likeness (QED) is 0.717. The highest BCUT2D eigenvalue weighted by molar-refractivity contribution is 7.18. The molecule has 2 aromatic heterocycles. The van der Waals surface area contributed by atoms with Gasteiger partial charge >= 0.3 is 0 Å². The molecule has 2 aromatic rings. The van der Waals surface area contributed by atoms with Gasteiger partial charge in [-0.3, -0.25) is 0 Å². The Morgan fingerprint density at radius 3 is 2.85 bits per heavy atom. The average Bonchev–Trinajstić information content (AvgIpc) is 2.62. The fourth-order valence-corrected chi connectivity index (χ4v) is 3.97. The second-order valence-electron chi connectivity index (χ2n) is 6.40. The van der Waals surface area contributed by atoms with Crippen molar-refractivity contribution >= 4 is 39.0 Å². The van der Waals surface area contributed by atoms with Crippen LogP contribution in [0.4, 0.5) is 5.82 Å². The Balaban J connectivity index is 2.00. The highest BCUT2D eigenvalue weighted by Gasteiger charge is 2.25. The monoisotopic (exact) mass is 309 g/mol. The summed E-state index contributed by atoms with van der Waals surface area (Å²) in [5.74, 6) is 1.02. The molecule has 3 rings (SSSR count). The van der Waals surface area contributed by atoms with E-state index in [-0.39, 0.29) is 0 Å². The lowest BCUT2D eigenvalue weighted by Crippen LogP contribution is -2.26. The van der Waals surface area contributed by atoms with Gasteiger partial charge in [0.15, 0.2) is 0 Å². The van der Waals surface area contributed by atoms with E-state index in [2.05, 4.69) is 41.7 Å². The Morgan fingerprint density at radius 1 is 1.25 bits per heavy atom. The zero-order chi connectivity index (χ0) is 14.3. The molecule has 0 radical (unpaired) electrons. The highest BCUT2D eigenvalue weighted by Crippen LogP contribution is 2.35. The fourth-order valence-electron chi connectivity index (χ4n) is 2.88. The molecule has 0 N–H and O–H groups in total. The van der Waals surface area contributed by atoms with Crippen LogP contribution in [0.3, 0.4) is 0 Å². The van der Waals surface area contributed by atoms with Gasteiger partial charge in [-0.1, -0.05) is 13.8 Å². The second-order valence-corrected chi connectivity index (χ2v) is 7.97. The minimum Gasteiger partial charge on any atom is -0.356 e. The summed E-state index contributed by atoms with van der Waals surface area (Å²) in [7, 11) is 0. The maximum atomic E-state index is 6.11. The third-order valence-electron chi connectivity index (χ3n) is 4.11. The van der Waals surface area contributed by atoms with Crippen molar-refractivity contribution in [2.75, 3.05) is 18.0 Å². The van der Waals surface area contributed by atoms with Crippen LogP contribution in [0.2, 0.25) is 5.28 Å². The fraction of sp³-hybridized carbons (Fsp3) is 0.600. The normalized spacial score (nSPS) is 19.3. The Kier molecular flexibility index (Phi) is 3.63. The van der Waals surface area contributed by atoms with E-state index in [9.17, 15) is 0 Å². The first-order valence-corrected chi connectivity index (χ1v) is 8.33. The standard InChI is InChI=1S/C15H20ClN3S/c1-10-9-11-12(17-14(16)18-13(11)20-10)19-7-4-5-15(2,3)6-8-19/h9H,4-8H2,1-3H3. The Hall–Kier alpha value is -0.870. The van der Waals surface area contributed by atoms with Gasteiger partial charge in [0, 0.05) is 18.0 Å². The molecular weight excluding hydrogens is 290 g/mol. The number of anilines is 1. The number of hydrogen-bond acceptors (Lipinski definition) is 4. The number of aromatic nitrogens is 2. The third-order valence-corrected chi connectivity index (χ3v) is 5.22. The summed E-state index contributed by atoms with van der Waals surface area (Å²) in [6.07, 6.45) is 3.67. The first-order valence-electron chi connectivity index (χ1n) is 7.13. The molecule has 0 bridgehead atoms. The first-order chi connectivity index (χ1) is 9.44. The van der Waals surface area contributed by atoms with Crippen LogP contribution in [0.15, 0.2) is 6.07 Å². The molecule has 0 aliphatic carbocycles. The van der Waals surface area contributed by atoms with Gasteiger partial charge in [-0.15, -0.1) is 11.3 Å². The molecule has 1 aliphatic heterocycles. The lowest BCUT2D eigenvalue weighted by atomic mass is 9.85. The van der Waals surface area contributed by atoms with E-state index >= 15 is 0 Å². The molecule has 108 valence electrons. The van der Waals surface area contributed by atoms with Crippen molar-refractivity contribution in [2.45, 2.75) is 40.0 Å². The average molecular weight is 310 g/mol. The van der Waals surface area contributed by atoms with Gasteiger partial charge in [0.25, 0.3) is 0 Å². The molecule has 0 saturated carbocycles. The zero-order valence-electron chi connectivity index (χ0n) is 12.2. The molecule has 0 spiro atoms. The summed E-state index contributed by atoms with van der Waals surface area (Å²) >= 11 is 7.79. The predicted octanol–water partition coefficient (Wildman–Crippen LogP) is 4.67. The molecule has 0 amide bonds. The maximum absolute atomic E-state index is 6.11. The van der Waals surface area contributed by atoms with Crippen molar-refractivity contribution in [1.29, 1.82) is 0 Å². The predicted molar refractivity (Wildman–Crippen MR) is 87.0 cm³/mol. The lowest BCUT2D eigenvalue weighted by Gasteiger charge is -2.24. The van der Waals surface area contributed by atoms with Crippen molar-refractivity contribution < 1.29 is 0 Å². The van der Waals surface area contributed by atoms with E-state index in [0.717, 1.165) is 29.1 Å². The van der Waals surface area contributed by atoms with Gasteiger partial charge in [-0.05, 0) is 49.3 Å². The second kappa shape index (κ2) is 5.15. The summed E-state index contributed by atoms with van der Waals surface area (Å²) in [6.45, 7) is 8.92. The van der Waals surface area contributed by atoms with E-state index in [0.29, 0.717) is 10.7 Å². The molecule has 1 saturated heterocycles. The van der Waals surface area contributed by atoms with Gasteiger partial charge in [0.05, 0.1) is 5.39 Å².